The van der Waals surface area contributed by atoms with Crippen molar-refractivity contribution >= 4 is 17.3 Å². The second-order valence-corrected chi connectivity index (χ2v) is 3.92. The summed E-state index contributed by atoms with van der Waals surface area (Å²) in [6.45, 7) is 1.85. The Kier molecular flexibility index (Phi) is 3.51. The number of allylic oxidation sites excluding steroid dienone is 1. The van der Waals surface area contributed by atoms with Gasteiger partial charge in [0.05, 0.1) is 16.8 Å². The summed E-state index contributed by atoms with van der Waals surface area (Å²) in [7, 11) is 0. The van der Waals surface area contributed by atoms with E-state index in [2.05, 4.69) is 9.97 Å². The number of hydrogen-bond donors (Lipinski definition) is 1. The van der Waals surface area contributed by atoms with Crippen LogP contribution in [-0.2, 0) is 0 Å². The molecule has 0 aliphatic carbocycles. The molecule has 1 heterocycles. The minimum absolute atomic E-state index is 0.311. The van der Waals surface area contributed by atoms with Gasteiger partial charge in [-0.25, -0.2) is 0 Å². The lowest BCUT2D eigenvalue weighted by Gasteiger charge is -2.01. The number of aromatic hydroxyl groups is 1. The Hall–Kier alpha value is -2.76. The predicted octanol–water partition coefficient (Wildman–Crippen LogP) is 2.65. The van der Waals surface area contributed by atoms with Crippen LogP contribution in [0.15, 0.2) is 36.8 Å². The summed E-state index contributed by atoms with van der Waals surface area (Å²) in [4.78, 5) is 18.1. The summed E-state index contributed by atoms with van der Waals surface area (Å²) in [6.07, 6.45) is 6.55. The van der Waals surface area contributed by atoms with Gasteiger partial charge in [0.25, 0.3) is 0 Å². The molecular weight excluding hydrogens is 246 g/mol. The molecule has 0 aliphatic heterocycles. The number of rotatable bonds is 3. The molecule has 6 heteroatoms. The average Bonchev–Trinajstić information content (AvgIpc) is 2.39. The van der Waals surface area contributed by atoms with Crippen molar-refractivity contribution < 1.29 is 10.0 Å². The van der Waals surface area contributed by atoms with Gasteiger partial charge in [-0.05, 0) is 36.3 Å². The number of phenolic OH excluding ortho intramolecular Hbond substituents is 1. The van der Waals surface area contributed by atoms with Crippen LogP contribution in [-0.4, -0.2) is 20.0 Å². The fraction of sp³-hybridized carbons (Fsp3) is 0.0769. The van der Waals surface area contributed by atoms with Gasteiger partial charge in [-0.15, -0.1) is 0 Å². The molecular formula is C13H11N3O3. The van der Waals surface area contributed by atoms with Crippen LogP contribution in [0, 0.1) is 10.1 Å². The quantitative estimate of drug-likeness (QED) is 0.674. The van der Waals surface area contributed by atoms with E-state index in [1.807, 2.05) is 6.92 Å². The number of aromatic nitrogens is 2. The summed E-state index contributed by atoms with van der Waals surface area (Å²) < 4.78 is 0. The van der Waals surface area contributed by atoms with Gasteiger partial charge in [0.1, 0.15) is 0 Å². The molecule has 0 saturated carbocycles. The molecule has 0 bridgehead atoms. The first kappa shape index (κ1) is 12.7. The Morgan fingerprint density at radius 1 is 1.42 bits per heavy atom. The van der Waals surface area contributed by atoms with Crippen LogP contribution in [0.25, 0.3) is 11.6 Å². The van der Waals surface area contributed by atoms with Crippen molar-refractivity contribution in [3.05, 3.63) is 58.2 Å². The largest absolute Gasteiger partial charge is 0.502 e. The van der Waals surface area contributed by atoms with Gasteiger partial charge in [0.15, 0.2) is 5.75 Å². The molecule has 96 valence electrons. The molecule has 2 aromatic rings. The molecule has 0 fully saturated rings. The second kappa shape index (κ2) is 5.26. The van der Waals surface area contributed by atoms with Crippen LogP contribution in [0.3, 0.4) is 0 Å². The Labute approximate surface area is 109 Å². The fourth-order valence-corrected chi connectivity index (χ4v) is 1.61. The van der Waals surface area contributed by atoms with Crippen LogP contribution in [0.2, 0.25) is 0 Å². The van der Waals surface area contributed by atoms with Crippen molar-refractivity contribution in [2.75, 3.05) is 0 Å². The lowest BCUT2D eigenvalue weighted by atomic mass is 10.1. The molecule has 0 aliphatic rings. The lowest BCUT2D eigenvalue weighted by Crippen LogP contribution is -1.89. The van der Waals surface area contributed by atoms with Crippen molar-refractivity contribution in [1.82, 2.24) is 9.97 Å². The van der Waals surface area contributed by atoms with E-state index in [0.717, 1.165) is 5.57 Å². The fourth-order valence-electron chi connectivity index (χ4n) is 1.61. The van der Waals surface area contributed by atoms with Gasteiger partial charge in [0, 0.05) is 18.5 Å². The third kappa shape index (κ3) is 2.92. The van der Waals surface area contributed by atoms with Gasteiger partial charge in [-0.2, -0.15) is 0 Å². The smallest absolute Gasteiger partial charge is 0.310 e. The number of nitrogens with zero attached hydrogens (tertiary/aromatic N) is 3. The molecule has 0 atom stereocenters. The first-order valence-corrected chi connectivity index (χ1v) is 5.50. The highest BCUT2D eigenvalue weighted by molar-refractivity contribution is 5.79. The van der Waals surface area contributed by atoms with E-state index >= 15 is 0 Å². The third-order valence-electron chi connectivity index (χ3n) is 2.55. The first-order valence-electron chi connectivity index (χ1n) is 5.50. The molecule has 0 amide bonds. The third-order valence-corrected chi connectivity index (χ3v) is 2.55. The number of nitro benzene ring substituents is 1. The molecule has 1 aromatic carbocycles. The van der Waals surface area contributed by atoms with Crippen molar-refractivity contribution in [2.24, 2.45) is 0 Å². The van der Waals surface area contributed by atoms with Crippen LogP contribution in [0.4, 0.5) is 5.69 Å². The lowest BCUT2D eigenvalue weighted by molar-refractivity contribution is -0.385. The van der Waals surface area contributed by atoms with Crippen molar-refractivity contribution in [3.8, 4) is 5.75 Å². The zero-order valence-corrected chi connectivity index (χ0v) is 10.1. The summed E-state index contributed by atoms with van der Waals surface area (Å²) in [6, 6.07) is 4.18. The van der Waals surface area contributed by atoms with Gasteiger partial charge >= 0.3 is 5.69 Å². The van der Waals surface area contributed by atoms with Gasteiger partial charge in [-0.3, -0.25) is 20.1 Å². The van der Waals surface area contributed by atoms with Gasteiger partial charge in [-0.1, -0.05) is 0 Å². The summed E-state index contributed by atoms with van der Waals surface area (Å²) in [5.41, 5.74) is 1.90. The minimum atomic E-state index is -0.627. The zero-order chi connectivity index (χ0) is 13.8. The molecule has 2 rings (SSSR count). The Bertz CT molecular complexity index is 639. The number of benzene rings is 1. The Morgan fingerprint density at radius 3 is 2.79 bits per heavy atom. The van der Waals surface area contributed by atoms with E-state index in [1.54, 1.807) is 30.7 Å². The van der Waals surface area contributed by atoms with Crippen molar-refractivity contribution in [1.29, 1.82) is 0 Å². The van der Waals surface area contributed by atoms with Crippen LogP contribution in [0.5, 0.6) is 5.75 Å². The topological polar surface area (TPSA) is 89.2 Å². The maximum atomic E-state index is 10.6. The molecule has 0 saturated heterocycles. The first-order chi connectivity index (χ1) is 9.08. The Balaban J connectivity index is 2.34. The van der Waals surface area contributed by atoms with E-state index in [-0.39, 0.29) is 11.4 Å². The molecule has 1 aromatic heterocycles. The molecule has 0 spiro atoms. The van der Waals surface area contributed by atoms with E-state index in [4.69, 9.17) is 0 Å². The van der Waals surface area contributed by atoms with Crippen molar-refractivity contribution in [3.63, 3.8) is 0 Å². The summed E-state index contributed by atoms with van der Waals surface area (Å²) in [5, 5.41) is 20.1. The van der Waals surface area contributed by atoms with Crippen LogP contribution >= 0.6 is 0 Å². The van der Waals surface area contributed by atoms with Gasteiger partial charge in [0.2, 0.25) is 0 Å². The van der Waals surface area contributed by atoms with Crippen LogP contribution in [0.1, 0.15) is 18.2 Å². The number of nitro groups is 1. The zero-order valence-electron chi connectivity index (χ0n) is 10.1. The van der Waals surface area contributed by atoms with Gasteiger partial charge < -0.3 is 5.11 Å². The molecule has 6 nitrogen and oxygen atoms in total. The highest BCUT2D eigenvalue weighted by Crippen LogP contribution is 2.27. The standard InChI is InChI=1S/C13H11N3O3/c1-9(11-8-14-4-5-15-11)6-10-2-3-12(16(18)19)13(17)7-10/h2-8,17H,1H3. The van der Waals surface area contributed by atoms with E-state index in [9.17, 15) is 15.2 Å². The van der Waals surface area contributed by atoms with Crippen LogP contribution < -0.4 is 0 Å². The SMILES string of the molecule is CC(=Cc1ccc([N+](=O)[O-])c(O)c1)c1cnccn1. The minimum Gasteiger partial charge on any atom is -0.502 e. The molecule has 0 radical (unpaired) electrons. The maximum absolute atomic E-state index is 10.6. The predicted molar refractivity (Wildman–Crippen MR) is 70.3 cm³/mol. The molecule has 1 N–H and O–H groups in total. The monoisotopic (exact) mass is 257 g/mol. The summed E-state index contributed by atoms with van der Waals surface area (Å²) >= 11 is 0. The number of hydrogen-bond acceptors (Lipinski definition) is 5. The van der Waals surface area contributed by atoms with E-state index in [1.165, 1.54) is 12.1 Å². The second-order valence-electron chi connectivity index (χ2n) is 3.92. The number of phenols is 1. The highest BCUT2D eigenvalue weighted by Gasteiger charge is 2.12. The molecule has 0 unspecified atom stereocenters. The van der Waals surface area contributed by atoms with E-state index < -0.39 is 4.92 Å². The summed E-state index contributed by atoms with van der Waals surface area (Å²) in [5.74, 6) is -0.356. The van der Waals surface area contributed by atoms with E-state index in [0.29, 0.717) is 11.3 Å². The highest BCUT2D eigenvalue weighted by atomic mass is 16.6. The normalized spacial score (nSPS) is 11.3. The Morgan fingerprint density at radius 2 is 2.21 bits per heavy atom. The average molecular weight is 257 g/mol. The molecule has 19 heavy (non-hydrogen) atoms. The maximum Gasteiger partial charge on any atom is 0.310 e. The van der Waals surface area contributed by atoms with Crippen molar-refractivity contribution in [2.45, 2.75) is 6.92 Å².